The van der Waals surface area contributed by atoms with Crippen LogP contribution in [0.1, 0.15) is 25.1 Å². The molecule has 0 bridgehead atoms. The Bertz CT molecular complexity index is 853. The Morgan fingerprint density at radius 1 is 1.35 bits per heavy atom. The number of nitrogens with two attached hydrogens (primary N) is 1. The highest BCUT2D eigenvalue weighted by atomic mass is 19.1. The molecule has 0 radical (unpaired) electrons. The minimum Gasteiger partial charge on any atom is -0.481 e. The van der Waals surface area contributed by atoms with Crippen molar-refractivity contribution in [1.29, 1.82) is 0 Å². The fourth-order valence-corrected chi connectivity index (χ4v) is 3.02. The first kappa shape index (κ1) is 17.8. The molecule has 3 N–H and O–H groups in total. The number of anilines is 1. The molecular weight excluding hydrogens is 337 g/mol. The van der Waals surface area contributed by atoms with Crippen LogP contribution in [0.4, 0.5) is 10.3 Å². The molecule has 1 aromatic carbocycles. The van der Waals surface area contributed by atoms with E-state index in [0.29, 0.717) is 12.2 Å². The van der Waals surface area contributed by atoms with E-state index in [9.17, 15) is 14.3 Å². The van der Waals surface area contributed by atoms with Gasteiger partial charge >= 0.3 is 5.97 Å². The minimum absolute atomic E-state index is 0.114. The summed E-state index contributed by atoms with van der Waals surface area (Å²) in [5.41, 5.74) is 5.20. The molecule has 1 aliphatic rings. The van der Waals surface area contributed by atoms with E-state index in [1.54, 1.807) is 44.6 Å². The molecule has 0 amide bonds. The fraction of sp³-hybridized carbons (Fsp3) is 0.333. The maximum Gasteiger partial charge on any atom is 0.310 e. The lowest BCUT2D eigenvalue weighted by atomic mass is 9.86. The summed E-state index contributed by atoms with van der Waals surface area (Å²) in [5, 5.41) is 9.38. The van der Waals surface area contributed by atoms with Crippen LogP contribution in [-0.2, 0) is 10.3 Å². The van der Waals surface area contributed by atoms with Crippen molar-refractivity contribution in [3.05, 3.63) is 53.6 Å². The highest BCUT2D eigenvalue weighted by molar-refractivity contribution is 5.75. The number of nitrogen functional groups attached to an aromatic ring is 1. The summed E-state index contributed by atoms with van der Waals surface area (Å²) < 4.78 is 13.4. The van der Waals surface area contributed by atoms with Gasteiger partial charge in [-0.15, -0.1) is 0 Å². The van der Waals surface area contributed by atoms with Gasteiger partial charge in [0.25, 0.3) is 0 Å². The summed E-state index contributed by atoms with van der Waals surface area (Å²) in [4.78, 5) is 26.1. The van der Waals surface area contributed by atoms with Crippen LogP contribution in [0.5, 0.6) is 0 Å². The third-order valence-electron chi connectivity index (χ3n) is 4.47. The molecule has 1 aromatic heterocycles. The summed E-state index contributed by atoms with van der Waals surface area (Å²) in [6.45, 7) is 3.95. The number of rotatable bonds is 5. The van der Waals surface area contributed by atoms with Crippen molar-refractivity contribution in [2.45, 2.75) is 19.4 Å². The lowest BCUT2D eigenvalue weighted by Crippen LogP contribution is -2.41. The zero-order chi connectivity index (χ0) is 18.9. The number of hydrogen-bond acceptors (Lipinski definition) is 6. The summed E-state index contributed by atoms with van der Waals surface area (Å²) >= 11 is 0. The van der Waals surface area contributed by atoms with Crippen LogP contribution in [0.15, 0.2) is 41.5 Å². The highest BCUT2D eigenvalue weighted by Gasteiger charge is 2.42. The molecule has 1 atom stereocenters. The lowest BCUT2D eigenvalue weighted by Gasteiger charge is -2.31. The molecule has 8 heteroatoms. The zero-order valence-corrected chi connectivity index (χ0v) is 14.6. The van der Waals surface area contributed by atoms with Gasteiger partial charge in [0, 0.05) is 12.7 Å². The van der Waals surface area contributed by atoms with Gasteiger partial charge in [-0.3, -0.25) is 9.79 Å². The van der Waals surface area contributed by atoms with E-state index < -0.39 is 16.9 Å². The SMILES string of the molecule is CC(C)(CN1C=NC(c2ccc(F)cc2)(c2ccnc(N)n2)C1)C(=O)O. The monoisotopic (exact) mass is 357 g/mol. The maximum absolute atomic E-state index is 13.4. The van der Waals surface area contributed by atoms with E-state index in [2.05, 4.69) is 15.0 Å². The van der Waals surface area contributed by atoms with Gasteiger partial charge in [0.05, 0.1) is 24.0 Å². The van der Waals surface area contributed by atoms with E-state index in [0.717, 1.165) is 5.56 Å². The number of carboxylic acid groups (broad SMARTS) is 1. The Hall–Kier alpha value is -3.03. The van der Waals surface area contributed by atoms with Crippen LogP contribution >= 0.6 is 0 Å². The first-order chi connectivity index (χ1) is 12.2. The first-order valence-electron chi connectivity index (χ1n) is 8.11. The summed E-state index contributed by atoms with van der Waals surface area (Å²) in [5.74, 6) is -1.13. The second-order valence-corrected chi connectivity index (χ2v) is 7.01. The van der Waals surface area contributed by atoms with Gasteiger partial charge in [-0.25, -0.2) is 14.4 Å². The van der Waals surface area contributed by atoms with Crippen LogP contribution < -0.4 is 5.73 Å². The Morgan fingerprint density at radius 2 is 2.04 bits per heavy atom. The number of benzene rings is 1. The molecule has 3 rings (SSSR count). The molecule has 136 valence electrons. The molecule has 7 nitrogen and oxygen atoms in total. The number of carbonyl (C=O) groups is 1. The van der Waals surface area contributed by atoms with Gasteiger partial charge in [0.15, 0.2) is 0 Å². The predicted molar refractivity (Wildman–Crippen MR) is 95.1 cm³/mol. The van der Waals surface area contributed by atoms with Crippen LogP contribution in [0.2, 0.25) is 0 Å². The average molecular weight is 357 g/mol. The molecule has 0 saturated carbocycles. The fourth-order valence-electron chi connectivity index (χ4n) is 3.02. The highest BCUT2D eigenvalue weighted by Crippen LogP contribution is 2.37. The van der Waals surface area contributed by atoms with Gasteiger partial charge in [-0.2, -0.15) is 0 Å². The predicted octanol–water partition coefficient (Wildman–Crippen LogP) is 1.90. The number of aliphatic carboxylic acids is 1. The van der Waals surface area contributed by atoms with Crippen molar-refractivity contribution in [1.82, 2.24) is 14.9 Å². The summed E-state index contributed by atoms with van der Waals surface area (Å²) in [6, 6.07) is 7.73. The van der Waals surface area contributed by atoms with Crippen LogP contribution in [0.3, 0.4) is 0 Å². The Morgan fingerprint density at radius 3 is 2.65 bits per heavy atom. The van der Waals surface area contributed by atoms with Crippen LogP contribution in [0, 0.1) is 11.2 Å². The Kier molecular flexibility index (Phi) is 4.35. The molecular formula is C18H20FN5O2. The molecule has 0 fully saturated rings. The van der Waals surface area contributed by atoms with Gasteiger partial charge in [0.1, 0.15) is 11.4 Å². The molecule has 2 aromatic rings. The number of aliphatic imine (C=N–C) groups is 1. The van der Waals surface area contributed by atoms with E-state index in [-0.39, 0.29) is 18.3 Å². The van der Waals surface area contributed by atoms with Gasteiger partial charge in [-0.1, -0.05) is 12.1 Å². The second kappa shape index (κ2) is 6.36. The number of halogens is 1. The quantitative estimate of drug-likeness (QED) is 0.847. The molecule has 2 heterocycles. The van der Waals surface area contributed by atoms with Crippen molar-refractivity contribution in [2.75, 3.05) is 18.8 Å². The normalized spacial score (nSPS) is 19.7. The maximum atomic E-state index is 13.4. The Balaban J connectivity index is 2.00. The zero-order valence-electron chi connectivity index (χ0n) is 14.6. The molecule has 26 heavy (non-hydrogen) atoms. The smallest absolute Gasteiger partial charge is 0.310 e. The molecule has 0 aliphatic carbocycles. The van der Waals surface area contributed by atoms with Crippen molar-refractivity contribution >= 4 is 18.3 Å². The third-order valence-corrected chi connectivity index (χ3v) is 4.47. The van der Waals surface area contributed by atoms with Crippen LogP contribution in [0.25, 0.3) is 0 Å². The summed E-state index contributed by atoms with van der Waals surface area (Å²) in [6.07, 6.45) is 3.16. The lowest BCUT2D eigenvalue weighted by molar-refractivity contribution is -0.147. The molecule has 0 spiro atoms. The van der Waals surface area contributed by atoms with Gasteiger partial charge < -0.3 is 15.7 Å². The largest absolute Gasteiger partial charge is 0.481 e. The standard InChI is InChI=1S/C18H20FN5O2/c1-17(2,15(25)26)9-24-10-18(22-11-24,12-3-5-13(19)6-4-12)14-7-8-21-16(20)23-14/h3-8,11H,9-10H2,1-2H3,(H,25,26)(H2,20,21,23). The molecule has 1 aliphatic heterocycles. The summed E-state index contributed by atoms with van der Waals surface area (Å²) in [7, 11) is 0. The van der Waals surface area contributed by atoms with Gasteiger partial charge in [-0.05, 0) is 37.6 Å². The second-order valence-electron chi connectivity index (χ2n) is 7.01. The topological polar surface area (TPSA) is 105 Å². The van der Waals surface area contributed by atoms with E-state index in [1.165, 1.54) is 12.1 Å². The van der Waals surface area contributed by atoms with Gasteiger partial charge in [0.2, 0.25) is 5.95 Å². The Labute approximate surface area is 150 Å². The average Bonchev–Trinajstić information content (AvgIpc) is 3.00. The number of aromatic nitrogens is 2. The number of nitrogens with zero attached hydrogens (tertiary/aromatic N) is 4. The number of hydrogen-bond donors (Lipinski definition) is 2. The third kappa shape index (κ3) is 3.22. The van der Waals surface area contributed by atoms with Crippen molar-refractivity contribution < 1.29 is 14.3 Å². The first-order valence-corrected chi connectivity index (χ1v) is 8.11. The van der Waals surface area contributed by atoms with Crippen molar-refractivity contribution in [2.24, 2.45) is 10.4 Å². The van der Waals surface area contributed by atoms with E-state index in [4.69, 9.17) is 5.73 Å². The van der Waals surface area contributed by atoms with Crippen LogP contribution in [-0.4, -0.2) is 45.4 Å². The van der Waals surface area contributed by atoms with E-state index >= 15 is 0 Å². The van der Waals surface area contributed by atoms with Crippen molar-refractivity contribution in [3.8, 4) is 0 Å². The minimum atomic E-state index is -0.949. The van der Waals surface area contributed by atoms with Crippen molar-refractivity contribution in [3.63, 3.8) is 0 Å². The van der Waals surface area contributed by atoms with E-state index in [1.807, 2.05) is 4.90 Å². The molecule has 1 unspecified atom stereocenters. The number of carboxylic acids is 1. The molecule has 0 saturated heterocycles.